The van der Waals surface area contributed by atoms with Crippen LogP contribution in [0.1, 0.15) is 21.8 Å². The smallest absolute Gasteiger partial charge is 0.293 e. The lowest BCUT2D eigenvalue weighted by Gasteiger charge is -2.09. The average Bonchev–Trinajstić information content (AvgIpc) is 2.89. The maximum Gasteiger partial charge on any atom is 0.293 e. The molecular weight excluding hydrogens is 276 g/mol. The van der Waals surface area contributed by atoms with Crippen molar-refractivity contribution < 1.29 is 14.2 Å². The molecule has 0 unspecified atom stereocenters. The number of para-hydroxylation sites is 1. The SMILES string of the molecule is CNc1c(C(=O)NCc2cc(C)no2)cccc1[N+](=O)[O-]. The summed E-state index contributed by atoms with van der Waals surface area (Å²) in [5.41, 5.74) is 0.933. The number of nitro groups is 1. The summed E-state index contributed by atoms with van der Waals surface area (Å²) >= 11 is 0. The van der Waals surface area contributed by atoms with E-state index in [2.05, 4.69) is 15.8 Å². The van der Waals surface area contributed by atoms with Crippen LogP contribution in [-0.4, -0.2) is 23.0 Å². The molecule has 2 rings (SSSR count). The number of rotatable bonds is 5. The minimum Gasteiger partial charge on any atom is -0.382 e. The lowest BCUT2D eigenvalue weighted by molar-refractivity contribution is -0.384. The molecular formula is C13H14N4O4. The van der Waals surface area contributed by atoms with Gasteiger partial charge in [-0.2, -0.15) is 0 Å². The summed E-state index contributed by atoms with van der Waals surface area (Å²) < 4.78 is 4.98. The van der Waals surface area contributed by atoms with Crippen molar-refractivity contribution in [3.8, 4) is 0 Å². The normalized spacial score (nSPS) is 10.2. The first kappa shape index (κ1) is 14.5. The summed E-state index contributed by atoms with van der Waals surface area (Å²) in [6.07, 6.45) is 0. The molecule has 0 atom stereocenters. The Morgan fingerprint density at radius 1 is 1.48 bits per heavy atom. The highest BCUT2D eigenvalue weighted by molar-refractivity contribution is 6.01. The number of anilines is 1. The second-order valence-electron chi connectivity index (χ2n) is 4.32. The highest BCUT2D eigenvalue weighted by atomic mass is 16.6. The third-order valence-electron chi connectivity index (χ3n) is 2.83. The van der Waals surface area contributed by atoms with Gasteiger partial charge in [-0.3, -0.25) is 14.9 Å². The second kappa shape index (κ2) is 6.04. The third-order valence-corrected chi connectivity index (χ3v) is 2.83. The Labute approximate surface area is 120 Å². The van der Waals surface area contributed by atoms with Crippen LogP contribution in [0.15, 0.2) is 28.8 Å². The van der Waals surface area contributed by atoms with E-state index in [9.17, 15) is 14.9 Å². The zero-order valence-electron chi connectivity index (χ0n) is 11.5. The fourth-order valence-corrected chi connectivity index (χ4v) is 1.91. The first-order chi connectivity index (χ1) is 10.0. The molecule has 110 valence electrons. The van der Waals surface area contributed by atoms with Crippen molar-refractivity contribution in [1.82, 2.24) is 10.5 Å². The predicted octanol–water partition coefficient (Wildman–Crippen LogP) is 1.86. The quantitative estimate of drug-likeness (QED) is 0.642. The van der Waals surface area contributed by atoms with Crippen LogP contribution in [0.25, 0.3) is 0 Å². The van der Waals surface area contributed by atoms with Crippen molar-refractivity contribution in [1.29, 1.82) is 0 Å². The van der Waals surface area contributed by atoms with Gasteiger partial charge in [-0.05, 0) is 13.0 Å². The summed E-state index contributed by atoms with van der Waals surface area (Å²) in [4.78, 5) is 22.6. The van der Waals surface area contributed by atoms with Crippen LogP contribution in [0.5, 0.6) is 0 Å². The average molecular weight is 290 g/mol. The number of amides is 1. The number of benzene rings is 1. The third kappa shape index (κ3) is 3.16. The van der Waals surface area contributed by atoms with Crippen LogP contribution in [0.3, 0.4) is 0 Å². The molecule has 0 fully saturated rings. The Hall–Kier alpha value is -2.90. The number of carbonyl (C=O) groups excluding carboxylic acids is 1. The Kier molecular flexibility index (Phi) is 4.17. The van der Waals surface area contributed by atoms with Crippen molar-refractivity contribution >= 4 is 17.3 Å². The molecule has 0 bridgehead atoms. The monoisotopic (exact) mass is 290 g/mol. The molecule has 2 N–H and O–H groups in total. The fraction of sp³-hybridized carbons (Fsp3) is 0.231. The molecule has 1 aromatic carbocycles. The predicted molar refractivity (Wildman–Crippen MR) is 75.1 cm³/mol. The number of aromatic nitrogens is 1. The summed E-state index contributed by atoms with van der Waals surface area (Å²) in [7, 11) is 1.53. The maximum atomic E-state index is 12.1. The minimum atomic E-state index is -0.539. The molecule has 0 saturated heterocycles. The van der Waals surface area contributed by atoms with Gasteiger partial charge in [-0.15, -0.1) is 0 Å². The summed E-state index contributed by atoms with van der Waals surface area (Å²) in [6, 6.07) is 6.02. The van der Waals surface area contributed by atoms with E-state index in [1.54, 1.807) is 13.0 Å². The molecule has 8 nitrogen and oxygen atoms in total. The summed E-state index contributed by atoms with van der Waals surface area (Å²) in [5, 5.41) is 20.0. The standard InChI is InChI=1S/C13H14N4O4/c1-8-6-9(21-16-8)7-15-13(18)10-4-3-5-11(17(19)20)12(10)14-2/h3-6,14H,7H2,1-2H3,(H,15,18). The van der Waals surface area contributed by atoms with E-state index in [0.717, 1.165) is 0 Å². The molecule has 0 aliphatic heterocycles. The maximum absolute atomic E-state index is 12.1. The van der Waals surface area contributed by atoms with Gasteiger partial charge in [-0.1, -0.05) is 11.2 Å². The molecule has 0 spiro atoms. The van der Waals surface area contributed by atoms with Crippen molar-refractivity contribution in [2.45, 2.75) is 13.5 Å². The lowest BCUT2D eigenvalue weighted by atomic mass is 10.1. The van der Waals surface area contributed by atoms with Crippen LogP contribution in [-0.2, 0) is 6.54 Å². The first-order valence-corrected chi connectivity index (χ1v) is 6.18. The van der Waals surface area contributed by atoms with Crippen LogP contribution >= 0.6 is 0 Å². The number of aryl methyl sites for hydroxylation is 1. The van der Waals surface area contributed by atoms with Crippen molar-refractivity contribution in [3.05, 3.63) is 51.4 Å². The van der Waals surface area contributed by atoms with E-state index in [0.29, 0.717) is 11.5 Å². The Balaban J connectivity index is 2.19. The van der Waals surface area contributed by atoms with Gasteiger partial charge in [-0.25, -0.2) is 0 Å². The van der Waals surface area contributed by atoms with Gasteiger partial charge < -0.3 is 15.2 Å². The topological polar surface area (TPSA) is 110 Å². The number of carbonyl (C=O) groups is 1. The Morgan fingerprint density at radius 3 is 2.81 bits per heavy atom. The van der Waals surface area contributed by atoms with E-state index in [1.807, 2.05) is 0 Å². The molecule has 8 heteroatoms. The zero-order chi connectivity index (χ0) is 15.4. The second-order valence-corrected chi connectivity index (χ2v) is 4.32. The summed E-state index contributed by atoms with van der Waals surface area (Å²) in [5.74, 6) is 0.0781. The minimum absolute atomic E-state index is 0.152. The molecule has 1 amide bonds. The van der Waals surface area contributed by atoms with Crippen LogP contribution in [0, 0.1) is 17.0 Å². The first-order valence-electron chi connectivity index (χ1n) is 6.18. The van der Waals surface area contributed by atoms with Crippen molar-refractivity contribution in [2.75, 3.05) is 12.4 Å². The molecule has 1 heterocycles. The molecule has 2 aromatic rings. The van der Waals surface area contributed by atoms with E-state index in [-0.39, 0.29) is 23.5 Å². The van der Waals surface area contributed by atoms with Gasteiger partial charge in [0, 0.05) is 19.2 Å². The van der Waals surface area contributed by atoms with Gasteiger partial charge in [0.25, 0.3) is 11.6 Å². The van der Waals surface area contributed by atoms with Gasteiger partial charge in [0.15, 0.2) is 5.76 Å². The highest BCUT2D eigenvalue weighted by Crippen LogP contribution is 2.27. The molecule has 0 aliphatic carbocycles. The van der Waals surface area contributed by atoms with Gasteiger partial charge >= 0.3 is 0 Å². The van der Waals surface area contributed by atoms with E-state index in [1.165, 1.54) is 25.2 Å². The van der Waals surface area contributed by atoms with E-state index < -0.39 is 10.8 Å². The molecule has 0 radical (unpaired) electrons. The number of nitro benzene ring substituents is 1. The molecule has 0 saturated carbocycles. The summed E-state index contributed by atoms with van der Waals surface area (Å²) in [6.45, 7) is 1.93. The van der Waals surface area contributed by atoms with E-state index in [4.69, 9.17) is 4.52 Å². The largest absolute Gasteiger partial charge is 0.382 e. The number of hydrogen-bond donors (Lipinski definition) is 2. The van der Waals surface area contributed by atoms with Crippen LogP contribution < -0.4 is 10.6 Å². The van der Waals surface area contributed by atoms with Gasteiger partial charge in [0.1, 0.15) is 5.69 Å². The zero-order valence-corrected chi connectivity index (χ0v) is 11.5. The number of hydrogen-bond acceptors (Lipinski definition) is 6. The van der Waals surface area contributed by atoms with Crippen LogP contribution in [0.4, 0.5) is 11.4 Å². The van der Waals surface area contributed by atoms with Crippen molar-refractivity contribution in [2.24, 2.45) is 0 Å². The fourth-order valence-electron chi connectivity index (χ4n) is 1.91. The van der Waals surface area contributed by atoms with E-state index >= 15 is 0 Å². The number of nitrogens with one attached hydrogen (secondary N) is 2. The number of nitrogens with zero attached hydrogens (tertiary/aromatic N) is 2. The molecule has 1 aromatic heterocycles. The molecule has 21 heavy (non-hydrogen) atoms. The van der Waals surface area contributed by atoms with Crippen LogP contribution in [0.2, 0.25) is 0 Å². The lowest BCUT2D eigenvalue weighted by Crippen LogP contribution is -2.23. The highest BCUT2D eigenvalue weighted by Gasteiger charge is 2.20. The Morgan fingerprint density at radius 2 is 2.24 bits per heavy atom. The van der Waals surface area contributed by atoms with Gasteiger partial charge in [0.05, 0.1) is 22.7 Å². The van der Waals surface area contributed by atoms with Gasteiger partial charge in [0.2, 0.25) is 0 Å². The molecule has 0 aliphatic rings. The Bertz CT molecular complexity index is 681. The van der Waals surface area contributed by atoms with Crippen molar-refractivity contribution in [3.63, 3.8) is 0 Å².